The summed E-state index contributed by atoms with van der Waals surface area (Å²) in [5.41, 5.74) is 2.72. The molecule has 0 heterocycles. The van der Waals surface area contributed by atoms with Crippen molar-refractivity contribution in [2.24, 2.45) is 0 Å². The zero-order chi connectivity index (χ0) is 18.0. The van der Waals surface area contributed by atoms with Gasteiger partial charge in [-0.2, -0.15) is 0 Å². The Kier molecular flexibility index (Phi) is 5.45. The second kappa shape index (κ2) is 7.03. The van der Waals surface area contributed by atoms with Crippen LogP contribution >= 0.6 is 0 Å². The van der Waals surface area contributed by atoms with Crippen LogP contribution < -0.4 is 4.72 Å². The van der Waals surface area contributed by atoms with Crippen LogP contribution in [0.15, 0.2) is 48.5 Å². The lowest BCUT2D eigenvalue weighted by Gasteiger charge is -2.20. The van der Waals surface area contributed by atoms with Crippen LogP contribution in [0.25, 0.3) is 0 Å². The number of nitrogens with one attached hydrogen (secondary N) is 1. The maximum absolute atomic E-state index is 12.9. The molecule has 2 aromatic carbocycles. The van der Waals surface area contributed by atoms with E-state index in [1.54, 1.807) is 0 Å². The highest BCUT2D eigenvalue weighted by molar-refractivity contribution is 7.88. The Hall–Kier alpha value is -1.72. The number of sulfonamides is 1. The minimum absolute atomic E-state index is 0.0594. The quantitative estimate of drug-likeness (QED) is 0.874. The topological polar surface area (TPSA) is 46.2 Å². The molecule has 130 valence electrons. The smallest absolute Gasteiger partial charge is 0.212 e. The number of rotatable bonds is 5. The first-order valence-corrected chi connectivity index (χ1v) is 9.57. The highest BCUT2D eigenvalue weighted by atomic mass is 32.2. The average Bonchev–Trinajstić information content (AvgIpc) is 2.48. The van der Waals surface area contributed by atoms with Crippen molar-refractivity contribution in [3.05, 3.63) is 71.0 Å². The van der Waals surface area contributed by atoms with E-state index in [4.69, 9.17) is 0 Å². The van der Waals surface area contributed by atoms with Crippen LogP contribution in [0.3, 0.4) is 0 Å². The van der Waals surface area contributed by atoms with Crippen LogP contribution in [0.1, 0.15) is 50.4 Å². The van der Waals surface area contributed by atoms with Crippen LogP contribution in [-0.2, 0) is 21.2 Å². The van der Waals surface area contributed by atoms with Gasteiger partial charge in [0, 0.05) is 6.04 Å². The molecule has 2 aromatic rings. The van der Waals surface area contributed by atoms with Crippen LogP contribution in [0.4, 0.5) is 4.39 Å². The Morgan fingerprint density at radius 2 is 1.54 bits per heavy atom. The SMILES string of the molecule is CC(NS(=O)(=O)Cc1ccc(F)cc1)c1ccc(C(C)(C)C)cc1. The summed E-state index contributed by atoms with van der Waals surface area (Å²) in [7, 11) is -3.51. The molecule has 0 saturated heterocycles. The Morgan fingerprint density at radius 1 is 1.00 bits per heavy atom. The van der Waals surface area contributed by atoms with Gasteiger partial charge in [-0.15, -0.1) is 0 Å². The van der Waals surface area contributed by atoms with E-state index in [1.807, 2.05) is 31.2 Å². The van der Waals surface area contributed by atoms with E-state index in [0.717, 1.165) is 5.56 Å². The summed E-state index contributed by atoms with van der Waals surface area (Å²) in [6, 6.07) is 13.1. The van der Waals surface area contributed by atoms with Crippen LogP contribution in [0, 0.1) is 5.82 Å². The summed E-state index contributed by atoms with van der Waals surface area (Å²) in [6.45, 7) is 8.22. The fourth-order valence-electron chi connectivity index (χ4n) is 2.45. The molecule has 0 saturated carbocycles. The highest BCUT2D eigenvalue weighted by Gasteiger charge is 2.18. The molecule has 24 heavy (non-hydrogen) atoms. The van der Waals surface area contributed by atoms with E-state index in [9.17, 15) is 12.8 Å². The molecule has 0 bridgehead atoms. The van der Waals surface area contributed by atoms with Crippen LogP contribution in [0.5, 0.6) is 0 Å². The highest BCUT2D eigenvalue weighted by Crippen LogP contribution is 2.24. The standard InChI is InChI=1S/C19H24FNO2S/c1-14(16-7-9-17(10-8-16)19(2,3)4)21-24(22,23)13-15-5-11-18(20)12-6-15/h5-12,14,21H,13H2,1-4H3. The molecule has 0 aliphatic carbocycles. The van der Waals surface area contributed by atoms with Crippen molar-refractivity contribution in [2.75, 3.05) is 0 Å². The molecule has 0 aromatic heterocycles. The van der Waals surface area contributed by atoms with Crippen molar-refractivity contribution >= 4 is 10.0 Å². The first-order valence-electron chi connectivity index (χ1n) is 7.92. The minimum Gasteiger partial charge on any atom is -0.212 e. The van der Waals surface area contributed by atoms with E-state index in [-0.39, 0.29) is 23.0 Å². The molecular weight excluding hydrogens is 325 g/mol. The van der Waals surface area contributed by atoms with Gasteiger partial charge in [0.15, 0.2) is 0 Å². The molecule has 0 amide bonds. The lowest BCUT2D eigenvalue weighted by atomic mass is 9.86. The fourth-order valence-corrected chi connectivity index (χ4v) is 3.84. The molecular formula is C19H24FNO2S. The van der Waals surface area contributed by atoms with Crippen molar-refractivity contribution < 1.29 is 12.8 Å². The zero-order valence-corrected chi connectivity index (χ0v) is 15.3. The number of halogens is 1. The van der Waals surface area contributed by atoms with Gasteiger partial charge in [-0.3, -0.25) is 0 Å². The van der Waals surface area contributed by atoms with Gasteiger partial charge in [0.2, 0.25) is 10.0 Å². The van der Waals surface area contributed by atoms with Gasteiger partial charge in [0.25, 0.3) is 0 Å². The summed E-state index contributed by atoms with van der Waals surface area (Å²) >= 11 is 0. The summed E-state index contributed by atoms with van der Waals surface area (Å²) in [4.78, 5) is 0. The maximum Gasteiger partial charge on any atom is 0.216 e. The van der Waals surface area contributed by atoms with Crippen molar-refractivity contribution in [1.29, 1.82) is 0 Å². The largest absolute Gasteiger partial charge is 0.216 e. The molecule has 1 unspecified atom stereocenters. The zero-order valence-electron chi connectivity index (χ0n) is 14.5. The molecule has 2 rings (SSSR count). The first-order chi connectivity index (χ1) is 11.1. The summed E-state index contributed by atoms with van der Waals surface area (Å²) < 4.78 is 40.2. The molecule has 0 aliphatic rings. The second-order valence-electron chi connectivity index (χ2n) is 7.10. The molecule has 0 spiro atoms. The Labute approximate surface area is 144 Å². The number of benzene rings is 2. The lowest BCUT2D eigenvalue weighted by molar-refractivity contribution is 0.564. The van der Waals surface area contributed by atoms with Crippen molar-refractivity contribution in [2.45, 2.75) is 44.9 Å². The van der Waals surface area contributed by atoms with Gasteiger partial charge < -0.3 is 0 Å². The van der Waals surface area contributed by atoms with Crippen molar-refractivity contribution in [1.82, 2.24) is 4.72 Å². The van der Waals surface area contributed by atoms with E-state index in [1.165, 1.54) is 29.8 Å². The van der Waals surface area contributed by atoms with Gasteiger partial charge in [0.05, 0.1) is 5.75 Å². The normalized spacial score (nSPS) is 13.7. The van der Waals surface area contributed by atoms with E-state index >= 15 is 0 Å². The van der Waals surface area contributed by atoms with Crippen LogP contribution in [-0.4, -0.2) is 8.42 Å². The molecule has 1 atom stereocenters. The van der Waals surface area contributed by atoms with E-state index in [0.29, 0.717) is 5.56 Å². The van der Waals surface area contributed by atoms with Gasteiger partial charge in [-0.05, 0) is 41.2 Å². The van der Waals surface area contributed by atoms with Gasteiger partial charge >= 0.3 is 0 Å². The lowest BCUT2D eigenvalue weighted by Crippen LogP contribution is -2.28. The second-order valence-corrected chi connectivity index (χ2v) is 8.85. The molecule has 1 N–H and O–H groups in total. The molecule has 0 aliphatic heterocycles. The first kappa shape index (κ1) is 18.6. The number of hydrogen-bond donors (Lipinski definition) is 1. The Morgan fingerprint density at radius 3 is 2.04 bits per heavy atom. The predicted molar refractivity (Wildman–Crippen MR) is 95.7 cm³/mol. The predicted octanol–water partition coefficient (Wildman–Crippen LogP) is 4.30. The summed E-state index contributed by atoms with van der Waals surface area (Å²) in [5, 5.41) is 0. The van der Waals surface area contributed by atoms with E-state index in [2.05, 4.69) is 25.5 Å². The van der Waals surface area contributed by atoms with Crippen LogP contribution in [0.2, 0.25) is 0 Å². The monoisotopic (exact) mass is 349 g/mol. The molecule has 0 radical (unpaired) electrons. The fraction of sp³-hybridized carbons (Fsp3) is 0.368. The third-order valence-corrected chi connectivity index (χ3v) is 5.33. The third kappa shape index (κ3) is 5.14. The minimum atomic E-state index is -3.51. The van der Waals surface area contributed by atoms with Gasteiger partial charge in [-0.25, -0.2) is 17.5 Å². The number of hydrogen-bond acceptors (Lipinski definition) is 2. The Bertz CT molecular complexity index is 776. The summed E-state index contributed by atoms with van der Waals surface area (Å²) in [5.74, 6) is -0.547. The van der Waals surface area contributed by atoms with Gasteiger partial charge in [0.1, 0.15) is 5.82 Å². The average molecular weight is 349 g/mol. The maximum atomic E-state index is 12.9. The van der Waals surface area contributed by atoms with Crippen molar-refractivity contribution in [3.63, 3.8) is 0 Å². The van der Waals surface area contributed by atoms with Crippen molar-refractivity contribution in [3.8, 4) is 0 Å². The van der Waals surface area contributed by atoms with Gasteiger partial charge in [-0.1, -0.05) is 57.2 Å². The molecule has 0 fully saturated rings. The summed E-state index contributed by atoms with van der Waals surface area (Å²) in [6.07, 6.45) is 0. The Balaban J connectivity index is 2.07. The molecule has 3 nitrogen and oxygen atoms in total. The van der Waals surface area contributed by atoms with E-state index < -0.39 is 10.0 Å². The third-order valence-electron chi connectivity index (χ3n) is 3.90. The molecule has 5 heteroatoms.